The number of likely N-dealkylation sites (tertiary alicyclic amines) is 1. The standard InChI is InChI=1S/C26H35N3O6/c1-32-21-8-6-5-7-19(21)9-12-27-24(30)15-18-10-13-29(14-11-18)26(31)28-20-16-22(33-2)25(35-4)23(17-20)34-3/h5-8,16-18H,9-15H2,1-4H3,(H,27,30)(H,28,31). The third kappa shape index (κ3) is 6.94. The van der Waals surface area contributed by atoms with E-state index in [0.29, 0.717) is 49.0 Å². The molecular formula is C26H35N3O6. The Bertz CT molecular complexity index is 979. The number of carbonyl (C=O) groups excluding carboxylic acids is 2. The Morgan fingerprint density at radius 1 is 0.914 bits per heavy atom. The van der Waals surface area contributed by atoms with Gasteiger partial charge in [0.2, 0.25) is 11.7 Å². The van der Waals surface area contributed by atoms with E-state index in [1.165, 1.54) is 21.3 Å². The van der Waals surface area contributed by atoms with Crippen molar-refractivity contribution in [1.82, 2.24) is 10.2 Å². The van der Waals surface area contributed by atoms with Crippen LogP contribution in [0.25, 0.3) is 0 Å². The van der Waals surface area contributed by atoms with Crippen LogP contribution in [0.4, 0.5) is 10.5 Å². The number of benzene rings is 2. The summed E-state index contributed by atoms with van der Waals surface area (Å²) in [5.41, 5.74) is 1.63. The molecule has 190 valence electrons. The van der Waals surface area contributed by atoms with Gasteiger partial charge in [0.15, 0.2) is 11.5 Å². The monoisotopic (exact) mass is 485 g/mol. The molecule has 2 N–H and O–H groups in total. The summed E-state index contributed by atoms with van der Waals surface area (Å²) < 4.78 is 21.4. The smallest absolute Gasteiger partial charge is 0.321 e. The number of carbonyl (C=O) groups is 2. The van der Waals surface area contributed by atoms with Crippen LogP contribution in [0, 0.1) is 5.92 Å². The third-order valence-corrected chi connectivity index (χ3v) is 6.20. The van der Waals surface area contributed by atoms with Gasteiger partial charge in [-0.2, -0.15) is 0 Å². The summed E-state index contributed by atoms with van der Waals surface area (Å²) in [4.78, 5) is 27.0. The summed E-state index contributed by atoms with van der Waals surface area (Å²) in [6, 6.07) is 11.0. The van der Waals surface area contributed by atoms with Gasteiger partial charge in [0, 0.05) is 38.2 Å². The molecule has 9 heteroatoms. The molecule has 3 rings (SSSR count). The van der Waals surface area contributed by atoms with Gasteiger partial charge in [-0.05, 0) is 36.8 Å². The van der Waals surface area contributed by atoms with Gasteiger partial charge in [-0.25, -0.2) is 4.79 Å². The maximum absolute atomic E-state index is 12.8. The Kier molecular flexibility index (Phi) is 9.46. The number of urea groups is 1. The minimum Gasteiger partial charge on any atom is -0.496 e. The lowest BCUT2D eigenvalue weighted by Crippen LogP contribution is -2.42. The van der Waals surface area contributed by atoms with Crippen LogP contribution in [-0.2, 0) is 11.2 Å². The molecule has 1 fully saturated rings. The molecule has 0 atom stereocenters. The fraction of sp³-hybridized carbons (Fsp3) is 0.462. The first-order chi connectivity index (χ1) is 17.0. The van der Waals surface area contributed by atoms with Crippen molar-refractivity contribution in [3.8, 4) is 23.0 Å². The van der Waals surface area contributed by atoms with E-state index in [0.717, 1.165) is 30.6 Å². The van der Waals surface area contributed by atoms with Crippen molar-refractivity contribution in [2.24, 2.45) is 5.92 Å². The summed E-state index contributed by atoms with van der Waals surface area (Å²) in [5, 5.41) is 5.91. The molecule has 0 aromatic heterocycles. The van der Waals surface area contributed by atoms with Crippen molar-refractivity contribution in [3.05, 3.63) is 42.0 Å². The van der Waals surface area contributed by atoms with E-state index < -0.39 is 0 Å². The fourth-order valence-electron chi connectivity index (χ4n) is 4.28. The van der Waals surface area contributed by atoms with Gasteiger partial charge < -0.3 is 34.5 Å². The molecule has 0 bridgehead atoms. The van der Waals surface area contributed by atoms with E-state index in [9.17, 15) is 9.59 Å². The number of hydrogen-bond acceptors (Lipinski definition) is 6. The molecule has 0 saturated carbocycles. The number of methoxy groups -OCH3 is 4. The second-order valence-electron chi connectivity index (χ2n) is 8.39. The molecule has 0 aliphatic carbocycles. The van der Waals surface area contributed by atoms with Crippen LogP contribution in [-0.4, -0.2) is 64.9 Å². The van der Waals surface area contributed by atoms with Crippen LogP contribution in [0.3, 0.4) is 0 Å². The lowest BCUT2D eigenvalue weighted by Gasteiger charge is -2.31. The van der Waals surface area contributed by atoms with Crippen LogP contribution >= 0.6 is 0 Å². The number of piperidine rings is 1. The van der Waals surface area contributed by atoms with Crippen molar-refractivity contribution < 1.29 is 28.5 Å². The van der Waals surface area contributed by atoms with Gasteiger partial charge in [0.1, 0.15) is 5.75 Å². The van der Waals surface area contributed by atoms with E-state index in [1.807, 2.05) is 24.3 Å². The molecule has 35 heavy (non-hydrogen) atoms. The summed E-state index contributed by atoms with van der Waals surface area (Å²) in [5.74, 6) is 2.54. The van der Waals surface area contributed by atoms with Crippen LogP contribution in [0.5, 0.6) is 23.0 Å². The maximum atomic E-state index is 12.8. The van der Waals surface area contributed by atoms with Crippen molar-refractivity contribution in [3.63, 3.8) is 0 Å². The highest BCUT2D eigenvalue weighted by Gasteiger charge is 2.25. The molecule has 9 nitrogen and oxygen atoms in total. The largest absolute Gasteiger partial charge is 0.496 e. The molecule has 2 aromatic carbocycles. The van der Waals surface area contributed by atoms with Gasteiger partial charge in [0.05, 0.1) is 34.1 Å². The van der Waals surface area contributed by atoms with E-state index in [1.54, 1.807) is 24.1 Å². The van der Waals surface area contributed by atoms with Crippen LogP contribution in [0.1, 0.15) is 24.8 Å². The van der Waals surface area contributed by atoms with Gasteiger partial charge in [-0.1, -0.05) is 18.2 Å². The molecule has 1 aliphatic heterocycles. The highest BCUT2D eigenvalue weighted by Crippen LogP contribution is 2.40. The molecular weight excluding hydrogens is 450 g/mol. The zero-order chi connectivity index (χ0) is 25.2. The number of hydrogen-bond donors (Lipinski definition) is 2. The molecule has 1 heterocycles. The van der Waals surface area contributed by atoms with Crippen LogP contribution in [0.2, 0.25) is 0 Å². The van der Waals surface area contributed by atoms with Crippen molar-refractivity contribution in [2.75, 3.05) is 53.4 Å². The van der Waals surface area contributed by atoms with Gasteiger partial charge in [-0.15, -0.1) is 0 Å². The van der Waals surface area contributed by atoms with E-state index in [4.69, 9.17) is 18.9 Å². The predicted octanol–water partition coefficient (Wildman–Crippen LogP) is 3.71. The number of nitrogens with one attached hydrogen (secondary N) is 2. The number of anilines is 1. The molecule has 0 unspecified atom stereocenters. The topological polar surface area (TPSA) is 98.4 Å². The predicted molar refractivity (Wildman–Crippen MR) is 134 cm³/mol. The molecule has 0 radical (unpaired) electrons. The van der Waals surface area contributed by atoms with Gasteiger partial charge >= 0.3 is 6.03 Å². The van der Waals surface area contributed by atoms with Crippen molar-refractivity contribution in [1.29, 1.82) is 0 Å². The second kappa shape index (κ2) is 12.7. The minimum atomic E-state index is -0.195. The Morgan fingerprint density at radius 2 is 1.54 bits per heavy atom. The Morgan fingerprint density at radius 3 is 2.14 bits per heavy atom. The quantitative estimate of drug-likeness (QED) is 0.532. The molecule has 2 aromatic rings. The Hall–Kier alpha value is -3.62. The average Bonchev–Trinajstić information content (AvgIpc) is 2.88. The van der Waals surface area contributed by atoms with E-state index >= 15 is 0 Å². The number of rotatable bonds is 10. The number of para-hydroxylation sites is 1. The fourth-order valence-corrected chi connectivity index (χ4v) is 4.28. The van der Waals surface area contributed by atoms with Crippen LogP contribution in [0.15, 0.2) is 36.4 Å². The summed E-state index contributed by atoms with van der Waals surface area (Å²) in [6.45, 7) is 1.75. The summed E-state index contributed by atoms with van der Waals surface area (Å²) in [6.07, 6.45) is 2.74. The summed E-state index contributed by atoms with van der Waals surface area (Å²) >= 11 is 0. The molecule has 0 spiro atoms. The van der Waals surface area contributed by atoms with Gasteiger partial charge in [0.25, 0.3) is 0 Å². The van der Waals surface area contributed by atoms with E-state index in [2.05, 4.69) is 10.6 Å². The second-order valence-corrected chi connectivity index (χ2v) is 8.39. The normalized spacial score (nSPS) is 13.7. The Labute approximate surface area is 206 Å². The van der Waals surface area contributed by atoms with Gasteiger partial charge in [-0.3, -0.25) is 4.79 Å². The van der Waals surface area contributed by atoms with Crippen LogP contribution < -0.4 is 29.6 Å². The average molecular weight is 486 g/mol. The lowest BCUT2D eigenvalue weighted by atomic mass is 9.93. The van der Waals surface area contributed by atoms with Crippen molar-refractivity contribution >= 4 is 17.6 Å². The zero-order valence-corrected chi connectivity index (χ0v) is 20.9. The molecule has 3 amide bonds. The first kappa shape index (κ1) is 26.0. The maximum Gasteiger partial charge on any atom is 0.321 e. The minimum absolute atomic E-state index is 0.0419. The molecule has 1 saturated heterocycles. The molecule has 1 aliphatic rings. The highest BCUT2D eigenvalue weighted by atomic mass is 16.5. The number of ether oxygens (including phenoxy) is 4. The number of amides is 3. The third-order valence-electron chi connectivity index (χ3n) is 6.20. The first-order valence-electron chi connectivity index (χ1n) is 11.7. The highest BCUT2D eigenvalue weighted by molar-refractivity contribution is 5.90. The zero-order valence-electron chi connectivity index (χ0n) is 20.9. The Balaban J connectivity index is 1.44. The van der Waals surface area contributed by atoms with E-state index in [-0.39, 0.29) is 17.9 Å². The summed E-state index contributed by atoms with van der Waals surface area (Å²) in [7, 11) is 6.24. The lowest BCUT2D eigenvalue weighted by molar-refractivity contribution is -0.122. The number of nitrogens with zero attached hydrogens (tertiary/aromatic N) is 1. The van der Waals surface area contributed by atoms with Crippen molar-refractivity contribution in [2.45, 2.75) is 25.7 Å². The first-order valence-corrected chi connectivity index (χ1v) is 11.7. The SMILES string of the molecule is COc1ccccc1CCNC(=O)CC1CCN(C(=O)Nc2cc(OC)c(OC)c(OC)c2)CC1.